The van der Waals surface area contributed by atoms with Crippen LogP contribution in [-0.2, 0) is 6.42 Å². The molecule has 0 aromatic heterocycles. The molecule has 4 heteroatoms. The molecule has 1 nitrogen and oxygen atoms in total. The van der Waals surface area contributed by atoms with E-state index in [1.165, 1.54) is 12.1 Å². The fourth-order valence-electron chi connectivity index (χ4n) is 1.90. The molecule has 0 saturated heterocycles. The summed E-state index contributed by atoms with van der Waals surface area (Å²) in [5, 5.41) is 4.03. The molecule has 0 fully saturated rings. The molecule has 0 heterocycles. The van der Waals surface area contributed by atoms with Gasteiger partial charge in [-0.1, -0.05) is 39.7 Å². The van der Waals surface area contributed by atoms with E-state index in [4.69, 9.17) is 11.6 Å². The van der Waals surface area contributed by atoms with Crippen LogP contribution in [0.25, 0.3) is 0 Å². The van der Waals surface area contributed by atoms with Gasteiger partial charge in [-0.15, -0.1) is 0 Å². The maximum absolute atomic E-state index is 12.8. The highest BCUT2D eigenvalue weighted by Gasteiger charge is 2.07. The molecule has 0 aliphatic rings. The molecule has 2 rings (SSSR count). The van der Waals surface area contributed by atoms with Crippen molar-refractivity contribution in [1.29, 1.82) is 0 Å². The molecule has 2 aromatic carbocycles. The quantitative estimate of drug-likeness (QED) is 0.796. The Morgan fingerprint density at radius 3 is 2.53 bits per heavy atom. The van der Waals surface area contributed by atoms with Gasteiger partial charge in [0.1, 0.15) is 5.82 Å². The largest absolute Gasteiger partial charge is 0.381 e. The second kappa shape index (κ2) is 6.40. The zero-order chi connectivity index (χ0) is 13.8. The molecule has 0 bridgehead atoms. The van der Waals surface area contributed by atoms with Gasteiger partial charge in [0, 0.05) is 10.5 Å². The number of benzene rings is 2. The van der Waals surface area contributed by atoms with Crippen molar-refractivity contribution in [1.82, 2.24) is 0 Å². The van der Waals surface area contributed by atoms with Crippen LogP contribution in [0.4, 0.5) is 10.1 Å². The number of halogens is 3. The van der Waals surface area contributed by atoms with Gasteiger partial charge in [-0.25, -0.2) is 4.39 Å². The molecule has 1 N–H and O–H groups in total. The molecule has 0 amide bonds. The first-order valence-corrected chi connectivity index (χ1v) is 7.18. The monoisotopic (exact) mass is 341 g/mol. The SMILES string of the molecule is CC(Cc1ccc(F)cc1)Nc1ccc(Br)cc1Cl. The van der Waals surface area contributed by atoms with Gasteiger partial charge < -0.3 is 5.32 Å². The predicted octanol–water partition coefficient (Wildman–Crippen LogP) is 5.28. The van der Waals surface area contributed by atoms with E-state index in [9.17, 15) is 4.39 Å². The Balaban J connectivity index is 2.01. The summed E-state index contributed by atoms with van der Waals surface area (Å²) in [5.74, 6) is -0.208. The molecular formula is C15H14BrClFN. The van der Waals surface area contributed by atoms with Crippen molar-refractivity contribution in [3.05, 3.63) is 63.3 Å². The van der Waals surface area contributed by atoms with Gasteiger partial charge in [0.25, 0.3) is 0 Å². The maximum atomic E-state index is 12.8. The molecule has 0 aliphatic carbocycles. The third-order valence-corrected chi connectivity index (χ3v) is 3.59. The normalized spacial score (nSPS) is 12.2. The van der Waals surface area contributed by atoms with Gasteiger partial charge in [0.2, 0.25) is 0 Å². The van der Waals surface area contributed by atoms with E-state index in [1.54, 1.807) is 12.1 Å². The molecule has 19 heavy (non-hydrogen) atoms. The van der Waals surface area contributed by atoms with Crippen molar-refractivity contribution >= 4 is 33.2 Å². The number of hydrogen-bond donors (Lipinski definition) is 1. The predicted molar refractivity (Wildman–Crippen MR) is 82.3 cm³/mol. The van der Waals surface area contributed by atoms with Crippen LogP contribution in [0.3, 0.4) is 0 Å². The minimum atomic E-state index is -0.208. The molecule has 0 saturated carbocycles. The first-order chi connectivity index (χ1) is 9.04. The summed E-state index contributed by atoms with van der Waals surface area (Å²) in [4.78, 5) is 0. The van der Waals surface area contributed by atoms with Crippen LogP contribution in [0.1, 0.15) is 12.5 Å². The van der Waals surface area contributed by atoms with Crippen LogP contribution >= 0.6 is 27.5 Å². The Morgan fingerprint density at radius 1 is 1.21 bits per heavy atom. The van der Waals surface area contributed by atoms with E-state index in [1.807, 2.05) is 18.2 Å². The van der Waals surface area contributed by atoms with E-state index in [0.29, 0.717) is 5.02 Å². The molecule has 0 radical (unpaired) electrons. The van der Waals surface area contributed by atoms with Crippen LogP contribution in [0.5, 0.6) is 0 Å². The molecule has 2 aromatic rings. The number of hydrogen-bond acceptors (Lipinski definition) is 1. The van der Waals surface area contributed by atoms with Crippen LogP contribution in [0.15, 0.2) is 46.9 Å². The fraction of sp³-hybridized carbons (Fsp3) is 0.200. The second-order valence-corrected chi connectivity index (χ2v) is 5.82. The van der Waals surface area contributed by atoms with Gasteiger partial charge >= 0.3 is 0 Å². The molecule has 0 aliphatic heterocycles. The summed E-state index contributed by atoms with van der Waals surface area (Å²) in [6, 6.07) is 12.5. The van der Waals surface area contributed by atoms with E-state index in [2.05, 4.69) is 28.2 Å². The highest BCUT2D eigenvalue weighted by molar-refractivity contribution is 9.10. The lowest BCUT2D eigenvalue weighted by Gasteiger charge is -2.16. The lowest BCUT2D eigenvalue weighted by Crippen LogP contribution is -2.18. The Labute approximate surface area is 125 Å². The van der Waals surface area contributed by atoms with Crippen molar-refractivity contribution in [2.45, 2.75) is 19.4 Å². The Bertz CT molecular complexity index is 557. The zero-order valence-corrected chi connectivity index (χ0v) is 12.8. The van der Waals surface area contributed by atoms with E-state index in [0.717, 1.165) is 22.1 Å². The first kappa shape index (κ1) is 14.4. The summed E-state index contributed by atoms with van der Waals surface area (Å²) < 4.78 is 13.8. The second-order valence-electron chi connectivity index (χ2n) is 4.50. The standard InChI is InChI=1S/C15H14BrClFN/c1-10(8-11-2-5-13(18)6-3-11)19-15-7-4-12(16)9-14(15)17/h2-7,9-10,19H,8H2,1H3. The van der Waals surface area contributed by atoms with Gasteiger partial charge in [-0.2, -0.15) is 0 Å². The average molecular weight is 343 g/mol. The van der Waals surface area contributed by atoms with Crippen LogP contribution in [-0.4, -0.2) is 6.04 Å². The van der Waals surface area contributed by atoms with Crippen LogP contribution in [0.2, 0.25) is 5.02 Å². The van der Waals surface area contributed by atoms with Crippen LogP contribution < -0.4 is 5.32 Å². The highest BCUT2D eigenvalue weighted by atomic mass is 79.9. The number of nitrogens with one attached hydrogen (secondary N) is 1. The van der Waals surface area contributed by atoms with Crippen LogP contribution in [0, 0.1) is 5.82 Å². The minimum Gasteiger partial charge on any atom is -0.381 e. The maximum Gasteiger partial charge on any atom is 0.123 e. The Kier molecular flexibility index (Phi) is 4.83. The van der Waals surface area contributed by atoms with Crippen molar-refractivity contribution in [2.24, 2.45) is 0 Å². The smallest absolute Gasteiger partial charge is 0.123 e. The van der Waals surface area contributed by atoms with Crippen molar-refractivity contribution in [3.63, 3.8) is 0 Å². The summed E-state index contributed by atoms with van der Waals surface area (Å²) in [5.41, 5.74) is 1.99. The molecule has 1 atom stereocenters. The van der Waals surface area contributed by atoms with Gasteiger partial charge in [0.05, 0.1) is 10.7 Å². The topological polar surface area (TPSA) is 12.0 Å². The average Bonchev–Trinajstić information content (AvgIpc) is 2.36. The minimum absolute atomic E-state index is 0.208. The van der Waals surface area contributed by atoms with Crippen molar-refractivity contribution < 1.29 is 4.39 Å². The number of anilines is 1. The lowest BCUT2D eigenvalue weighted by molar-refractivity contribution is 0.626. The molecule has 100 valence electrons. The zero-order valence-electron chi connectivity index (χ0n) is 10.5. The highest BCUT2D eigenvalue weighted by Crippen LogP contribution is 2.26. The molecule has 0 spiro atoms. The molecular weight excluding hydrogens is 329 g/mol. The third kappa shape index (κ3) is 4.22. The van der Waals surface area contributed by atoms with E-state index < -0.39 is 0 Å². The number of rotatable bonds is 4. The van der Waals surface area contributed by atoms with E-state index >= 15 is 0 Å². The van der Waals surface area contributed by atoms with Gasteiger partial charge in [-0.05, 0) is 49.2 Å². The summed E-state index contributed by atoms with van der Waals surface area (Å²) in [7, 11) is 0. The molecule has 1 unspecified atom stereocenters. The lowest BCUT2D eigenvalue weighted by atomic mass is 10.1. The summed E-state index contributed by atoms with van der Waals surface area (Å²) in [6.07, 6.45) is 0.812. The third-order valence-electron chi connectivity index (χ3n) is 2.79. The van der Waals surface area contributed by atoms with Gasteiger partial charge in [-0.3, -0.25) is 0 Å². The fourth-order valence-corrected chi connectivity index (χ4v) is 2.63. The van der Waals surface area contributed by atoms with E-state index in [-0.39, 0.29) is 11.9 Å². The van der Waals surface area contributed by atoms with Crippen molar-refractivity contribution in [3.8, 4) is 0 Å². The summed E-state index contributed by atoms with van der Waals surface area (Å²) in [6.45, 7) is 2.07. The van der Waals surface area contributed by atoms with Gasteiger partial charge in [0.15, 0.2) is 0 Å². The van der Waals surface area contributed by atoms with Crippen molar-refractivity contribution in [2.75, 3.05) is 5.32 Å². The Hall–Kier alpha value is -1.06. The Morgan fingerprint density at radius 2 is 1.89 bits per heavy atom. The summed E-state index contributed by atoms with van der Waals surface area (Å²) >= 11 is 9.53. The first-order valence-electron chi connectivity index (χ1n) is 6.00.